The fraction of sp³-hybridized carbons (Fsp3) is 0.226. The van der Waals surface area contributed by atoms with Crippen LogP contribution >= 0.6 is 0 Å². The Morgan fingerprint density at radius 2 is 1.39 bits per heavy atom. The van der Waals surface area contributed by atoms with Crippen molar-refractivity contribution in [3.63, 3.8) is 0 Å². The summed E-state index contributed by atoms with van der Waals surface area (Å²) in [6.07, 6.45) is 6.40. The second-order valence-corrected chi connectivity index (χ2v) is 9.73. The molecule has 1 aliphatic rings. The molecule has 1 aliphatic heterocycles. The van der Waals surface area contributed by atoms with E-state index in [-0.39, 0.29) is 0 Å². The highest BCUT2D eigenvalue weighted by molar-refractivity contribution is 5.88. The zero-order chi connectivity index (χ0) is 25.6. The van der Waals surface area contributed by atoms with E-state index in [1.54, 1.807) is 6.33 Å². The molecule has 2 aromatic heterocycles. The molecule has 0 unspecified atom stereocenters. The number of para-hydroxylation sites is 1. The molecule has 7 nitrogen and oxygen atoms in total. The molecule has 0 bridgehead atoms. The summed E-state index contributed by atoms with van der Waals surface area (Å²) >= 11 is 0. The van der Waals surface area contributed by atoms with Crippen LogP contribution in [0.15, 0.2) is 97.6 Å². The lowest BCUT2D eigenvalue weighted by atomic mass is 10.1. The Labute approximate surface area is 223 Å². The molecule has 0 amide bonds. The van der Waals surface area contributed by atoms with Gasteiger partial charge in [0.25, 0.3) is 0 Å². The normalized spacial score (nSPS) is 14.1. The Morgan fingerprint density at radius 1 is 0.658 bits per heavy atom. The quantitative estimate of drug-likeness (QED) is 0.323. The van der Waals surface area contributed by atoms with E-state index in [4.69, 9.17) is 0 Å². The summed E-state index contributed by atoms with van der Waals surface area (Å²) in [5, 5.41) is 4.53. The molecule has 190 valence electrons. The summed E-state index contributed by atoms with van der Waals surface area (Å²) in [7, 11) is 0. The second-order valence-electron chi connectivity index (χ2n) is 9.73. The maximum atomic E-state index is 4.66. The van der Waals surface area contributed by atoms with E-state index in [1.807, 2.05) is 36.7 Å². The molecular weight excluding hydrogens is 470 g/mol. The van der Waals surface area contributed by atoms with Crippen molar-refractivity contribution in [2.24, 2.45) is 0 Å². The van der Waals surface area contributed by atoms with Gasteiger partial charge in [-0.1, -0.05) is 66.7 Å². The van der Waals surface area contributed by atoms with Crippen molar-refractivity contribution in [3.05, 3.63) is 120 Å². The fourth-order valence-corrected chi connectivity index (χ4v) is 4.97. The average Bonchev–Trinajstić information content (AvgIpc) is 2.98. The SMILES string of the molecule is c1ccc(Cc2cnc(N3CCN(Cc4cccc(CNc5ncnc6ccccc56)c4)CC3)nc2)cc1. The summed E-state index contributed by atoms with van der Waals surface area (Å²) in [4.78, 5) is 22.9. The Kier molecular flexibility index (Phi) is 7.17. The Bertz CT molecular complexity index is 1470. The van der Waals surface area contributed by atoms with E-state index in [9.17, 15) is 0 Å². The van der Waals surface area contributed by atoms with Gasteiger partial charge in [-0.2, -0.15) is 0 Å². The molecule has 3 heterocycles. The van der Waals surface area contributed by atoms with Gasteiger partial charge in [0, 0.05) is 63.5 Å². The lowest BCUT2D eigenvalue weighted by Crippen LogP contribution is -2.46. The maximum absolute atomic E-state index is 4.66. The van der Waals surface area contributed by atoms with Crippen molar-refractivity contribution >= 4 is 22.7 Å². The molecule has 0 saturated carbocycles. The summed E-state index contributed by atoms with van der Waals surface area (Å²) in [5.41, 5.74) is 5.94. The van der Waals surface area contributed by atoms with Crippen molar-refractivity contribution < 1.29 is 0 Å². The predicted octanol–water partition coefficient (Wildman–Crippen LogP) is 4.94. The van der Waals surface area contributed by atoms with Crippen molar-refractivity contribution in [2.75, 3.05) is 36.4 Å². The monoisotopic (exact) mass is 501 g/mol. The molecule has 0 spiro atoms. The van der Waals surface area contributed by atoms with Gasteiger partial charge in [-0.05, 0) is 34.4 Å². The number of benzene rings is 3. The van der Waals surface area contributed by atoms with Crippen LogP contribution in [-0.4, -0.2) is 51.0 Å². The molecule has 1 saturated heterocycles. The third-order valence-corrected chi connectivity index (χ3v) is 7.00. The van der Waals surface area contributed by atoms with Crippen LogP contribution in [0.1, 0.15) is 22.3 Å². The molecule has 7 heteroatoms. The molecule has 1 N–H and O–H groups in total. The van der Waals surface area contributed by atoms with E-state index in [0.29, 0.717) is 0 Å². The van der Waals surface area contributed by atoms with Crippen molar-refractivity contribution in [3.8, 4) is 0 Å². The van der Waals surface area contributed by atoms with Gasteiger partial charge in [0.1, 0.15) is 12.1 Å². The molecule has 3 aromatic carbocycles. The van der Waals surface area contributed by atoms with Crippen LogP contribution < -0.4 is 10.2 Å². The molecule has 6 rings (SSSR count). The Morgan fingerprint density at radius 3 is 2.24 bits per heavy atom. The molecule has 1 fully saturated rings. The van der Waals surface area contributed by atoms with Crippen LogP contribution in [0.5, 0.6) is 0 Å². The number of nitrogens with zero attached hydrogens (tertiary/aromatic N) is 6. The van der Waals surface area contributed by atoms with Crippen LogP contribution in [0.4, 0.5) is 11.8 Å². The number of hydrogen-bond acceptors (Lipinski definition) is 7. The standard InChI is InChI=1S/C31H31N7/c1-2-7-24(8-3-1)17-27-20-33-31(34-21-27)38-15-13-37(14-16-38)22-26-10-6-9-25(18-26)19-32-30-28-11-4-5-12-29(28)35-23-36-30/h1-12,18,20-21,23H,13-17,19,22H2,(H,32,35,36). The molecule has 0 aliphatic carbocycles. The first-order chi connectivity index (χ1) is 18.8. The minimum Gasteiger partial charge on any atom is -0.365 e. The van der Waals surface area contributed by atoms with Gasteiger partial charge in [-0.3, -0.25) is 4.90 Å². The maximum Gasteiger partial charge on any atom is 0.225 e. The number of anilines is 2. The van der Waals surface area contributed by atoms with E-state index in [2.05, 4.69) is 89.6 Å². The van der Waals surface area contributed by atoms with Crippen molar-refractivity contribution in [1.82, 2.24) is 24.8 Å². The number of rotatable bonds is 8. The zero-order valence-electron chi connectivity index (χ0n) is 21.4. The van der Waals surface area contributed by atoms with Crippen molar-refractivity contribution in [1.29, 1.82) is 0 Å². The summed E-state index contributed by atoms with van der Waals surface area (Å²) in [6.45, 7) is 5.50. The van der Waals surface area contributed by atoms with Crippen LogP contribution in [0.3, 0.4) is 0 Å². The lowest BCUT2D eigenvalue weighted by Gasteiger charge is -2.34. The fourth-order valence-electron chi connectivity index (χ4n) is 4.97. The van der Waals surface area contributed by atoms with E-state index >= 15 is 0 Å². The molecule has 0 atom stereocenters. The van der Waals surface area contributed by atoms with Gasteiger partial charge in [-0.25, -0.2) is 19.9 Å². The highest BCUT2D eigenvalue weighted by atomic mass is 15.3. The van der Waals surface area contributed by atoms with Gasteiger partial charge >= 0.3 is 0 Å². The first kappa shape index (κ1) is 24.0. The van der Waals surface area contributed by atoms with E-state index < -0.39 is 0 Å². The van der Waals surface area contributed by atoms with Gasteiger partial charge in [0.2, 0.25) is 5.95 Å². The third-order valence-electron chi connectivity index (χ3n) is 7.00. The number of hydrogen-bond donors (Lipinski definition) is 1. The smallest absolute Gasteiger partial charge is 0.225 e. The van der Waals surface area contributed by atoms with Gasteiger partial charge in [0.05, 0.1) is 5.52 Å². The first-order valence-electron chi connectivity index (χ1n) is 13.1. The highest BCUT2D eigenvalue weighted by Gasteiger charge is 2.19. The van der Waals surface area contributed by atoms with Gasteiger partial charge in [-0.15, -0.1) is 0 Å². The van der Waals surface area contributed by atoms with E-state index in [1.165, 1.54) is 16.7 Å². The number of nitrogens with one attached hydrogen (secondary N) is 1. The zero-order valence-corrected chi connectivity index (χ0v) is 21.4. The van der Waals surface area contributed by atoms with Crippen LogP contribution in [0.25, 0.3) is 10.9 Å². The summed E-state index contributed by atoms with van der Waals surface area (Å²) in [5.74, 6) is 1.69. The van der Waals surface area contributed by atoms with Gasteiger partial charge in [0.15, 0.2) is 0 Å². The lowest BCUT2D eigenvalue weighted by molar-refractivity contribution is 0.248. The number of fused-ring (bicyclic) bond motifs is 1. The number of piperazine rings is 1. The van der Waals surface area contributed by atoms with Gasteiger partial charge < -0.3 is 10.2 Å². The number of aromatic nitrogens is 4. The largest absolute Gasteiger partial charge is 0.365 e. The Balaban J connectivity index is 1.01. The second kappa shape index (κ2) is 11.4. The average molecular weight is 502 g/mol. The first-order valence-corrected chi connectivity index (χ1v) is 13.1. The molecular formula is C31H31N7. The minimum atomic E-state index is 0.722. The molecule has 5 aromatic rings. The highest BCUT2D eigenvalue weighted by Crippen LogP contribution is 2.20. The van der Waals surface area contributed by atoms with E-state index in [0.717, 1.165) is 73.9 Å². The molecule has 0 radical (unpaired) electrons. The topological polar surface area (TPSA) is 70.1 Å². The Hall–Kier alpha value is -4.36. The molecule has 38 heavy (non-hydrogen) atoms. The van der Waals surface area contributed by atoms with Crippen LogP contribution in [0, 0.1) is 0 Å². The van der Waals surface area contributed by atoms with Crippen molar-refractivity contribution in [2.45, 2.75) is 19.5 Å². The third kappa shape index (κ3) is 5.79. The predicted molar refractivity (Wildman–Crippen MR) is 152 cm³/mol. The minimum absolute atomic E-state index is 0.722. The van der Waals surface area contributed by atoms with Crippen LogP contribution in [0.2, 0.25) is 0 Å². The van der Waals surface area contributed by atoms with Crippen LogP contribution in [-0.2, 0) is 19.5 Å². The summed E-state index contributed by atoms with van der Waals surface area (Å²) < 4.78 is 0. The summed E-state index contributed by atoms with van der Waals surface area (Å²) in [6, 6.07) is 27.3.